The van der Waals surface area contributed by atoms with Crippen LogP contribution < -0.4 is 0 Å². The Morgan fingerprint density at radius 3 is 2.16 bits per heavy atom. The lowest BCUT2D eigenvalue weighted by Crippen LogP contribution is -2.54. The molecular weight excluding hydrogens is 252 g/mol. The largest absolute Gasteiger partial charge is 0.394 e. The highest BCUT2D eigenvalue weighted by atomic mass is 16.8. The highest BCUT2D eigenvalue weighted by molar-refractivity contribution is 5.00. The topological polar surface area (TPSA) is 77.4 Å². The second-order valence-electron chi connectivity index (χ2n) is 6.09. The van der Waals surface area contributed by atoms with Crippen LogP contribution in [0.25, 0.3) is 0 Å². The number of aliphatic hydroxyl groups excluding tert-OH is 2. The van der Waals surface area contributed by atoms with Crippen molar-refractivity contribution in [2.75, 3.05) is 20.8 Å². The zero-order valence-corrected chi connectivity index (χ0v) is 12.5. The van der Waals surface area contributed by atoms with Gasteiger partial charge in [-0.2, -0.15) is 0 Å². The molecule has 2 N–H and O–H groups in total. The van der Waals surface area contributed by atoms with Gasteiger partial charge in [0, 0.05) is 14.2 Å². The molecular formula is C13H26O6. The van der Waals surface area contributed by atoms with E-state index >= 15 is 0 Å². The van der Waals surface area contributed by atoms with Gasteiger partial charge in [0.2, 0.25) is 12.6 Å². The molecule has 1 aliphatic rings. The van der Waals surface area contributed by atoms with E-state index in [1.54, 1.807) is 6.92 Å². The SMILES string of the molecule is COC(OC)C1O[C@@H](CO)[C@@](C)([C@@H](O)C(C)(C)C)O1. The minimum Gasteiger partial charge on any atom is -0.394 e. The lowest BCUT2D eigenvalue weighted by Gasteiger charge is -2.40. The van der Waals surface area contributed by atoms with Crippen molar-refractivity contribution in [3.05, 3.63) is 0 Å². The van der Waals surface area contributed by atoms with Gasteiger partial charge >= 0.3 is 0 Å². The lowest BCUT2D eigenvalue weighted by atomic mass is 9.77. The minimum absolute atomic E-state index is 0.250. The number of ether oxygens (including phenoxy) is 4. The highest BCUT2D eigenvalue weighted by Gasteiger charge is 2.55. The van der Waals surface area contributed by atoms with E-state index in [4.69, 9.17) is 18.9 Å². The first kappa shape index (κ1) is 16.8. The van der Waals surface area contributed by atoms with E-state index in [0.29, 0.717) is 0 Å². The molecule has 0 aromatic rings. The summed E-state index contributed by atoms with van der Waals surface area (Å²) in [7, 11) is 2.95. The molecule has 1 heterocycles. The van der Waals surface area contributed by atoms with Gasteiger partial charge in [0.15, 0.2) is 0 Å². The molecule has 0 aromatic carbocycles. The van der Waals surface area contributed by atoms with Crippen LogP contribution in [0, 0.1) is 5.41 Å². The van der Waals surface area contributed by atoms with E-state index in [-0.39, 0.29) is 6.61 Å². The molecule has 1 fully saturated rings. The summed E-state index contributed by atoms with van der Waals surface area (Å²) in [5.74, 6) is 0. The van der Waals surface area contributed by atoms with Crippen molar-refractivity contribution in [1.82, 2.24) is 0 Å². The predicted octanol–water partition coefficient (Wildman–Crippen LogP) is 0.505. The average Bonchev–Trinajstić information content (AvgIpc) is 2.67. The number of hydrogen-bond donors (Lipinski definition) is 2. The van der Waals surface area contributed by atoms with Crippen LogP contribution in [-0.2, 0) is 18.9 Å². The third-order valence-corrected chi connectivity index (χ3v) is 3.52. The van der Waals surface area contributed by atoms with E-state index < -0.39 is 35.8 Å². The molecule has 1 saturated heterocycles. The van der Waals surface area contributed by atoms with Crippen LogP contribution in [0.4, 0.5) is 0 Å². The summed E-state index contributed by atoms with van der Waals surface area (Å²) >= 11 is 0. The number of hydrogen-bond acceptors (Lipinski definition) is 6. The van der Waals surface area contributed by atoms with Gasteiger partial charge in [-0.25, -0.2) is 0 Å². The second-order valence-corrected chi connectivity index (χ2v) is 6.09. The fourth-order valence-electron chi connectivity index (χ4n) is 2.41. The summed E-state index contributed by atoms with van der Waals surface area (Å²) in [5, 5.41) is 20.0. The lowest BCUT2D eigenvalue weighted by molar-refractivity contribution is -0.253. The van der Waals surface area contributed by atoms with E-state index in [9.17, 15) is 10.2 Å². The van der Waals surface area contributed by atoms with Gasteiger partial charge in [-0.05, 0) is 12.3 Å². The Hall–Kier alpha value is -0.240. The first-order valence-corrected chi connectivity index (χ1v) is 6.38. The Morgan fingerprint density at radius 2 is 1.79 bits per heavy atom. The Labute approximate surface area is 114 Å². The van der Waals surface area contributed by atoms with Crippen molar-refractivity contribution in [2.45, 2.75) is 58.1 Å². The smallest absolute Gasteiger partial charge is 0.210 e. The third kappa shape index (κ3) is 3.26. The van der Waals surface area contributed by atoms with E-state index in [2.05, 4.69) is 0 Å². The molecule has 0 spiro atoms. The average molecular weight is 278 g/mol. The van der Waals surface area contributed by atoms with Crippen molar-refractivity contribution < 1.29 is 29.2 Å². The fraction of sp³-hybridized carbons (Fsp3) is 1.00. The summed E-state index contributed by atoms with van der Waals surface area (Å²) in [4.78, 5) is 0. The zero-order valence-electron chi connectivity index (χ0n) is 12.5. The van der Waals surface area contributed by atoms with Crippen LogP contribution in [-0.4, -0.2) is 61.4 Å². The normalized spacial score (nSPS) is 33.9. The molecule has 1 unspecified atom stereocenters. The fourth-order valence-corrected chi connectivity index (χ4v) is 2.41. The minimum atomic E-state index is -1.02. The van der Waals surface area contributed by atoms with Crippen molar-refractivity contribution >= 4 is 0 Å². The Bertz CT molecular complexity index is 285. The molecule has 6 nitrogen and oxygen atoms in total. The van der Waals surface area contributed by atoms with Crippen molar-refractivity contribution in [1.29, 1.82) is 0 Å². The van der Waals surface area contributed by atoms with E-state index in [1.807, 2.05) is 20.8 Å². The van der Waals surface area contributed by atoms with Crippen molar-refractivity contribution in [3.8, 4) is 0 Å². The molecule has 1 aliphatic heterocycles. The summed E-state index contributed by atoms with van der Waals surface area (Å²) in [6.07, 6.45) is -2.94. The molecule has 1 rings (SSSR count). The molecule has 0 saturated carbocycles. The van der Waals surface area contributed by atoms with Crippen LogP contribution >= 0.6 is 0 Å². The third-order valence-electron chi connectivity index (χ3n) is 3.52. The van der Waals surface area contributed by atoms with Crippen LogP contribution in [0.1, 0.15) is 27.7 Å². The van der Waals surface area contributed by atoms with Gasteiger partial charge in [0.05, 0.1) is 12.7 Å². The maximum absolute atomic E-state index is 10.5. The predicted molar refractivity (Wildman–Crippen MR) is 68.5 cm³/mol. The summed E-state index contributed by atoms with van der Waals surface area (Å²) in [5.41, 5.74) is -1.43. The molecule has 0 amide bonds. The van der Waals surface area contributed by atoms with E-state index in [0.717, 1.165) is 0 Å². The molecule has 19 heavy (non-hydrogen) atoms. The second kappa shape index (κ2) is 6.03. The van der Waals surface area contributed by atoms with E-state index in [1.165, 1.54) is 14.2 Å². The summed E-state index contributed by atoms with van der Waals surface area (Å²) < 4.78 is 21.6. The van der Waals surface area contributed by atoms with Crippen LogP contribution in [0.15, 0.2) is 0 Å². The first-order valence-electron chi connectivity index (χ1n) is 6.38. The molecule has 114 valence electrons. The number of methoxy groups -OCH3 is 2. The van der Waals surface area contributed by atoms with Gasteiger partial charge in [-0.1, -0.05) is 20.8 Å². The van der Waals surface area contributed by atoms with Crippen LogP contribution in [0.3, 0.4) is 0 Å². The van der Waals surface area contributed by atoms with Gasteiger partial charge in [-0.3, -0.25) is 0 Å². The zero-order chi connectivity index (χ0) is 14.8. The maximum atomic E-state index is 10.5. The number of aliphatic hydroxyl groups is 2. The quantitative estimate of drug-likeness (QED) is 0.713. The molecule has 0 radical (unpaired) electrons. The molecule has 0 aromatic heterocycles. The first-order chi connectivity index (χ1) is 8.70. The molecule has 6 heteroatoms. The number of rotatable bonds is 5. The van der Waals surface area contributed by atoms with Gasteiger partial charge in [-0.15, -0.1) is 0 Å². The standard InChI is InChI=1S/C13H26O6/c1-12(2,3)11(15)13(4)8(7-14)18-10(19-13)9(16-5)17-6/h8-11,14-15H,7H2,1-6H3/t8-,10?,11-,13-/m0/s1. The van der Waals surface area contributed by atoms with Gasteiger partial charge in [0.1, 0.15) is 11.7 Å². The molecule has 0 aliphatic carbocycles. The highest BCUT2D eigenvalue weighted by Crippen LogP contribution is 2.40. The Kier molecular flexibility index (Phi) is 5.34. The van der Waals surface area contributed by atoms with Gasteiger partial charge in [0.25, 0.3) is 0 Å². The monoisotopic (exact) mass is 278 g/mol. The molecule has 0 bridgehead atoms. The van der Waals surface area contributed by atoms with Crippen molar-refractivity contribution in [2.24, 2.45) is 5.41 Å². The van der Waals surface area contributed by atoms with Gasteiger partial charge < -0.3 is 29.2 Å². The van der Waals surface area contributed by atoms with Crippen LogP contribution in [0.2, 0.25) is 0 Å². The summed E-state index contributed by atoms with van der Waals surface area (Å²) in [6, 6.07) is 0. The maximum Gasteiger partial charge on any atom is 0.210 e. The van der Waals surface area contributed by atoms with Crippen molar-refractivity contribution in [3.63, 3.8) is 0 Å². The molecule has 4 atom stereocenters. The van der Waals surface area contributed by atoms with Crippen LogP contribution in [0.5, 0.6) is 0 Å². The Balaban J connectivity index is 2.94. The Morgan fingerprint density at radius 1 is 1.26 bits per heavy atom. The summed E-state index contributed by atoms with van der Waals surface area (Å²) in [6.45, 7) is 7.18.